The molecule has 3 rings (SSSR count). The molecule has 1 saturated carbocycles. The molecule has 1 heterocycles. The van der Waals surface area contributed by atoms with E-state index < -0.39 is 5.97 Å². The first kappa shape index (κ1) is 14.2. The minimum Gasteiger partial charge on any atom is -0.478 e. The minimum absolute atomic E-state index is 0.378. The number of carbonyl (C=O) groups is 1. The van der Waals surface area contributed by atoms with Gasteiger partial charge >= 0.3 is 5.97 Å². The number of hydrogen-bond donors (Lipinski definition) is 1. The minimum atomic E-state index is -0.850. The third-order valence-corrected chi connectivity index (χ3v) is 4.76. The molecule has 1 aliphatic carbocycles. The van der Waals surface area contributed by atoms with E-state index in [1.165, 1.54) is 49.5 Å². The average Bonchev–Trinajstić information content (AvgIpc) is 2.66. The summed E-state index contributed by atoms with van der Waals surface area (Å²) in [5, 5.41) is 10.4. The molecule has 0 aliphatic heterocycles. The average molecular weight is 285 g/mol. The van der Waals surface area contributed by atoms with Crippen LogP contribution in [-0.4, -0.2) is 15.6 Å². The lowest BCUT2D eigenvalue weighted by Gasteiger charge is -2.16. The molecule has 3 heteroatoms. The van der Waals surface area contributed by atoms with E-state index >= 15 is 0 Å². The topological polar surface area (TPSA) is 42.2 Å². The first-order chi connectivity index (χ1) is 10.1. The fraction of sp³-hybridized carbons (Fsp3) is 0.500. The summed E-state index contributed by atoms with van der Waals surface area (Å²) in [5.74, 6) is -0.118. The molecule has 1 aromatic carbocycles. The Hall–Kier alpha value is -1.77. The molecular formula is C18H23NO2. The van der Waals surface area contributed by atoms with Crippen molar-refractivity contribution in [2.45, 2.75) is 52.0 Å². The number of carboxylic acid groups (broad SMARTS) is 1. The lowest BCUT2D eigenvalue weighted by Crippen LogP contribution is -2.09. The molecule has 0 bridgehead atoms. The highest BCUT2D eigenvalue weighted by atomic mass is 16.4. The van der Waals surface area contributed by atoms with Crippen molar-refractivity contribution in [1.82, 2.24) is 4.57 Å². The number of carboxylic acids is 1. The van der Waals surface area contributed by atoms with Gasteiger partial charge in [-0.05, 0) is 43.4 Å². The number of rotatable bonds is 3. The van der Waals surface area contributed by atoms with E-state index in [0.29, 0.717) is 5.56 Å². The quantitative estimate of drug-likeness (QED) is 0.836. The molecule has 0 atom stereocenters. The lowest BCUT2D eigenvalue weighted by molar-refractivity contribution is 0.0697. The highest BCUT2D eigenvalue weighted by Gasteiger charge is 2.15. The SMILES string of the molecule is Cc1cn(CC2CCCCCC2)c2cc(C(=O)O)ccc12. The van der Waals surface area contributed by atoms with Gasteiger partial charge in [-0.1, -0.05) is 31.7 Å². The second-order valence-corrected chi connectivity index (χ2v) is 6.36. The number of fused-ring (bicyclic) bond motifs is 1. The standard InChI is InChI=1S/C18H23NO2/c1-13-11-19(12-14-6-4-2-3-5-7-14)17-10-15(18(20)21)8-9-16(13)17/h8-11,14H,2-7,12H2,1H3,(H,20,21). The van der Waals surface area contributed by atoms with E-state index in [2.05, 4.69) is 17.7 Å². The largest absolute Gasteiger partial charge is 0.478 e. The molecule has 3 nitrogen and oxygen atoms in total. The molecule has 1 aliphatic rings. The molecule has 0 radical (unpaired) electrons. The fourth-order valence-electron chi connectivity index (χ4n) is 3.58. The molecule has 1 aromatic heterocycles. The van der Waals surface area contributed by atoms with Crippen molar-refractivity contribution >= 4 is 16.9 Å². The van der Waals surface area contributed by atoms with E-state index in [-0.39, 0.29) is 0 Å². The molecule has 2 aromatic rings. The maximum absolute atomic E-state index is 11.2. The Morgan fingerprint density at radius 1 is 1.24 bits per heavy atom. The summed E-state index contributed by atoms with van der Waals surface area (Å²) >= 11 is 0. The van der Waals surface area contributed by atoms with Gasteiger partial charge in [0, 0.05) is 23.6 Å². The van der Waals surface area contributed by atoms with Gasteiger partial charge in [-0.25, -0.2) is 4.79 Å². The first-order valence-electron chi connectivity index (χ1n) is 7.98. The molecule has 1 N–H and O–H groups in total. The Balaban J connectivity index is 1.93. The van der Waals surface area contributed by atoms with Crippen LogP contribution in [-0.2, 0) is 6.54 Å². The number of nitrogens with zero attached hydrogens (tertiary/aromatic N) is 1. The molecule has 0 saturated heterocycles. The second kappa shape index (κ2) is 5.92. The van der Waals surface area contributed by atoms with Crippen LogP contribution in [0.25, 0.3) is 10.9 Å². The smallest absolute Gasteiger partial charge is 0.335 e. The Morgan fingerprint density at radius 3 is 2.62 bits per heavy atom. The third-order valence-electron chi connectivity index (χ3n) is 4.76. The first-order valence-corrected chi connectivity index (χ1v) is 7.98. The van der Waals surface area contributed by atoms with E-state index in [4.69, 9.17) is 0 Å². The Labute approximate surface area is 125 Å². The molecule has 0 spiro atoms. The van der Waals surface area contributed by atoms with Gasteiger partial charge < -0.3 is 9.67 Å². The highest BCUT2D eigenvalue weighted by Crippen LogP contribution is 2.28. The molecule has 0 amide bonds. The summed E-state index contributed by atoms with van der Waals surface area (Å²) < 4.78 is 2.27. The second-order valence-electron chi connectivity index (χ2n) is 6.36. The van der Waals surface area contributed by atoms with Crippen LogP contribution in [0.5, 0.6) is 0 Å². The van der Waals surface area contributed by atoms with Crippen molar-refractivity contribution in [2.24, 2.45) is 5.92 Å². The molecule has 112 valence electrons. The summed E-state index contributed by atoms with van der Waals surface area (Å²) in [6.45, 7) is 3.12. The summed E-state index contributed by atoms with van der Waals surface area (Å²) in [6.07, 6.45) is 10.2. The normalized spacial score (nSPS) is 17.0. The van der Waals surface area contributed by atoms with Crippen molar-refractivity contribution in [2.75, 3.05) is 0 Å². The van der Waals surface area contributed by atoms with Crippen LogP contribution in [0.15, 0.2) is 24.4 Å². The summed E-state index contributed by atoms with van der Waals surface area (Å²) in [4.78, 5) is 11.2. The summed E-state index contributed by atoms with van der Waals surface area (Å²) in [5.41, 5.74) is 2.68. The van der Waals surface area contributed by atoms with Crippen LogP contribution in [0.4, 0.5) is 0 Å². The Bertz CT molecular complexity index is 649. The van der Waals surface area contributed by atoms with Crippen LogP contribution < -0.4 is 0 Å². The van der Waals surface area contributed by atoms with E-state index in [1.807, 2.05) is 12.1 Å². The van der Waals surface area contributed by atoms with Gasteiger partial charge in [0.05, 0.1) is 5.56 Å². The molecule has 21 heavy (non-hydrogen) atoms. The third kappa shape index (κ3) is 2.97. The van der Waals surface area contributed by atoms with Gasteiger partial charge in [-0.3, -0.25) is 0 Å². The van der Waals surface area contributed by atoms with Crippen LogP contribution >= 0.6 is 0 Å². The van der Waals surface area contributed by atoms with Gasteiger partial charge in [-0.15, -0.1) is 0 Å². The number of aromatic nitrogens is 1. The van der Waals surface area contributed by atoms with Crippen molar-refractivity contribution < 1.29 is 9.90 Å². The van der Waals surface area contributed by atoms with Crippen molar-refractivity contribution in [3.8, 4) is 0 Å². The van der Waals surface area contributed by atoms with Gasteiger partial charge in [0.1, 0.15) is 0 Å². The molecule has 1 fully saturated rings. The zero-order valence-electron chi connectivity index (χ0n) is 12.6. The van der Waals surface area contributed by atoms with Crippen molar-refractivity contribution in [1.29, 1.82) is 0 Å². The number of benzene rings is 1. The molecule has 0 unspecified atom stereocenters. The van der Waals surface area contributed by atoms with Crippen LogP contribution in [0, 0.1) is 12.8 Å². The van der Waals surface area contributed by atoms with Gasteiger partial charge in [0.15, 0.2) is 0 Å². The predicted molar refractivity (Wildman–Crippen MR) is 84.8 cm³/mol. The van der Waals surface area contributed by atoms with Crippen LogP contribution in [0.2, 0.25) is 0 Å². The monoisotopic (exact) mass is 285 g/mol. The predicted octanol–water partition coefficient (Wildman–Crippen LogP) is 4.62. The number of aromatic carboxylic acids is 1. The van der Waals surface area contributed by atoms with E-state index in [0.717, 1.165) is 18.0 Å². The highest BCUT2D eigenvalue weighted by molar-refractivity contribution is 5.94. The summed E-state index contributed by atoms with van der Waals surface area (Å²) in [7, 11) is 0. The zero-order valence-corrected chi connectivity index (χ0v) is 12.6. The van der Waals surface area contributed by atoms with Crippen molar-refractivity contribution in [3.63, 3.8) is 0 Å². The number of hydrogen-bond acceptors (Lipinski definition) is 1. The zero-order chi connectivity index (χ0) is 14.8. The van der Waals surface area contributed by atoms with Gasteiger partial charge in [-0.2, -0.15) is 0 Å². The molecular weight excluding hydrogens is 262 g/mol. The Morgan fingerprint density at radius 2 is 1.95 bits per heavy atom. The van der Waals surface area contributed by atoms with Crippen molar-refractivity contribution in [3.05, 3.63) is 35.5 Å². The van der Waals surface area contributed by atoms with Crippen LogP contribution in [0.1, 0.15) is 54.4 Å². The maximum atomic E-state index is 11.2. The maximum Gasteiger partial charge on any atom is 0.335 e. The van der Waals surface area contributed by atoms with Gasteiger partial charge in [0.25, 0.3) is 0 Å². The number of aryl methyl sites for hydroxylation is 1. The van der Waals surface area contributed by atoms with E-state index in [1.54, 1.807) is 6.07 Å². The summed E-state index contributed by atoms with van der Waals surface area (Å²) in [6, 6.07) is 5.47. The fourth-order valence-corrected chi connectivity index (χ4v) is 3.58. The lowest BCUT2D eigenvalue weighted by atomic mass is 10.0. The van der Waals surface area contributed by atoms with Gasteiger partial charge in [0.2, 0.25) is 0 Å². The Kier molecular flexibility index (Phi) is 4.00. The van der Waals surface area contributed by atoms with E-state index in [9.17, 15) is 9.90 Å². The van der Waals surface area contributed by atoms with Crippen LogP contribution in [0.3, 0.4) is 0 Å².